The van der Waals surface area contributed by atoms with E-state index in [1.165, 1.54) is 11.1 Å². The number of carbonyl (C=O) groups is 1. The van der Waals surface area contributed by atoms with Crippen LogP contribution >= 0.6 is 0 Å². The van der Waals surface area contributed by atoms with E-state index < -0.39 is 0 Å². The number of rotatable bonds is 3. The van der Waals surface area contributed by atoms with Gasteiger partial charge in [0.1, 0.15) is 5.82 Å². The summed E-state index contributed by atoms with van der Waals surface area (Å²) in [4.78, 5) is 24.0. The number of amides is 1. The van der Waals surface area contributed by atoms with E-state index in [0.717, 1.165) is 42.5 Å². The van der Waals surface area contributed by atoms with Crippen LogP contribution in [0.2, 0.25) is 0 Å². The second-order valence-electron chi connectivity index (χ2n) is 8.93. The van der Waals surface area contributed by atoms with E-state index in [2.05, 4.69) is 60.4 Å². The zero-order valence-electron chi connectivity index (χ0n) is 18.4. The standard InChI is InChI=1S/C24H31N5O/c1-17-14-18(2)22(25-15-17)27-10-12-28(13-11-27)23(30)20-6-8-21(9-7-20)29-19(3)26-16-24(29,4)5/h6-9,14-15,26H,3,10-13,16H2,1-2,4-5H3. The van der Waals surface area contributed by atoms with E-state index in [4.69, 9.17) is 0 Å². The van der Waals surface area contributed by atoms with Gasteiger partial charge in [-0.2, -0.15) is 0 Å². The van der Waals surface area contributed by atoms with Crippen molar-refractivity contribution in [3.63, 3.8) is 0 Å². The number of pyridine rings is 1. The highest BCUT2D eigenvalue weighted by atomic mass is 16.2. The van der Waals surface area contributed by atoms with Crippen LogP contribution in [-0.4, -0.2) is 54.1 Å². The number of carbonyl (C=O) groups excluding carboxylic acids is 1. The molecule has 6 nitrogen and oxygen atoms in total. The zero-order valence-corrected chi connectivity index (χ0v) is 18.4. The van der Waals surface area contributed by atoms with Gasteiger partial charge in [0.2, 0.25) is 0 Å². The number of piperazine rings is 1. The Bertz CT molecular complexity index is 958. The maximum Gasteiger partial charge on any atom is 0.253 e. The van der Waals surface area contributed by atoms with Gasteiger partial charge in [-0.3, -0.25) is 4.79 Å². The van der Waals surface area contributed by atoms with E-state index in [1.807, 2.05) is 35.4 Å². The van der Waals surface area contributed by atoms with Gasteiger partial charge >= 0.3 is 0 Å². The SMILES string of the molecule is C=C1NCC(C)(C)N1c1ccc(C(=O)N2CCN(c3ncc(C)cc3C)CC2)cc1. The van der Waals surface area contributed by atoms with Gasteiger partial charge in [-0.25, -0.2) is 4.98 Å². The number of benzene rings is 1. The van der Waals surface area contributed by atoms with Crippen molar-refractivity contribution in [1.82, 2.24) is 15.2 Å². The van der Waals surface area contributed by atoms with Crippen molar-refractivity contribution in [1.29, 1.82) is 0 Å². The van der Waals surface area contributed by atoms with Crippen LogP contribution in [0, 0.1) is 13.8 Å². The van der Waals surface area contributed by atoms with Gasteiger partial charge in [0.25, 0.3) is 5.91 Å². The molecule has 0 aliphatic carbocycles. The molecule has 1 N–H and O–H groups in total. The summed E-state index contributed by atoms with van der Waals surface area (Å²) in [7, 11) is 0. The predicted octanol–water partition coefficient (Wildman–Crippen LogP) is 3.32. The lowest BCUT2D eigenvalue weighted by molar-refractivity contribution is 0.0746. The molecule has 0 unspecified atom stereocenters. The number of hydrogen-bond acceptors (Lipinski definition) is 5. The molecule has 1 amide bonds. The average Bonchev–Trinajstić information content (AvgIpc) is 3.00. The Morgan fingerprint density at radius 3 is 2.33 bits per heavy atom. The van der Waals surface area contributed by atoms with E-state index in [-0.39, 0.29) is 11.4 Å². The van der Waals surface area contributed by atoms with E-state index in [9.17, 15) is 4.79 Å². The quantitative estimate of drug-likeness (QED) is 0.849. The van der Waals surface area contributed by atoms with Crippen LogP contribution in [0.25, 0.3) is 0 Å². The Kier molecular flexibility index (Phi) is 5.18. The van der Waals surface area contributed by atoms with Crippen LogP contribution in [0.3, 0.4) is 0 Å². The van der Waals surface area contributed by atoms with Crippen LogP contribution in [0.1, 0.15) is 35.3 Å². The maximum atomic E-state index is 13.0. The van der Waals surface area contributed by atoms with Crippen LogP contribution in [0.5, 0.6) is 0 Å². The molecule has 30 heavy (non-hydrogen) atoms. The van der Waals surface area contributed by atoms with Gasteiger partial charge in [-0.15, -0.1) is 0 Å². The highest BCUT2D eigenvalue weighted by molar-refractivity contribution is 5.94. The van der Waals surface area contributed by atoms with Gasteiger partial charge in [0.05, 0.1) is 11.4 Å². The Labute approximate surface area is 179 Å². The molecule has 0 atom stereocenters. The predicted molar refractivity (Wildman–Crippen MR) is 122 cm³/mol. The molecule has 158 valence electrons. The highest BCUT2D eigenvalue weighted by Crippen LogP contribution is 2.31. The smallest absolute Gasteiger partial charge is 0.253 e. The number of aromatic nitrogens is 1. The number of nitrogens with one attached hydrogen (secondary N) is 1. The van der Waals surface area contributed by atoms with Crippen LogP contribution < -0.4 is 15.1 Å². The molecule has 0 saturated carbocycles. The van der Waals surface area contributed by atoms with Crippen molar-refractivity contribution in [2.75, 3.05) is 42.5 Å². The van der Waals surface area contributed by atoms with E-state index in [0.29, 0.717) is 13.1 Å². The summed E-state index contributed by atoms with van der Waals surface area (Å²) in [6.45, 7) is 16.5. The second-order valence-corrected chi connectivity index (χ2v) is 8.93. The molecule has 2 aliphatic heterocycles. The Morgan fingerprint density at radius 2 is 1.77 bits per heavy atom. The van der Waals surface area contributed by atoms with Crippen LogP contribution in [0.4, 0.5) is 11.5 Å². The molecule has 0 radical (unpaired) electrons. The fourth-order valence-corrected chi connectivity index (χ4v) is 4.44. The number of hydrogen-bond donors (Lipinski definition) is 1. The van der Waals surface area contributed by atoms with Gasteiger partial charge in [0, 0.05) is 50.2 Å². The molecule has 0 spiro atoms. The lowest BCUT2D eigenvalue weighted by Crippen LogP contribution is -2.49. The van der Waals surface area contributed by atoms with Gasteiger partial charge < -0.3 is 20.0 Å². The number of nitrogens with zero attached hydrogens (tertiary/aromatic N) is 4. The fourth-order valence-electron chi connectivity index (χ4n) is 4.44. The minimum absolute atomic E-state index is 0.0406. The van der Waals surface area contributed by atoms with Crippen molar-refractivity contribution >= 4 is 17.4 Å². The van der Waals surface area contributed by atoms with E-state index in [1.54, 1.807) is 0 Å². The number of anilines is 2. The third-order valence-electron chi connectivity index (χ3n) is 6.03. The minimum Gasteiger partial charge on any atom is -0.370 e. The van der Waals surface area contributed by atoms with Gasteiger partial charge in [-0.1, -0.05) is 12.6 Å². The fraction of sp³-hybridized carbons (Fsp3) is 0.417. The zero-order chi connectivity index (χ0) is 21.5. The third kappa shape index (κ3) is 3.74. The van der Waals surface area contributed by atoms with Crippen molar-refractivity contribution in [2.45, 2.75) is 33.2 Å². The normalized spacial score (nSPS) is 18.5. The van der Waals surface area contributed by atoms with Gasteiger partial charge in [-0.05, 0) is 63.1 Å². The molecule has 1 aromatic carbocycles. The highest BCUT2D eigenvalue weighted by Gasteiger charge is 2.35. The summed E-state index contributed by atoms with van der Waals surface area (Å²) in [6, 6.07) is 10.0. The molecule has 3 heterocycles. The Balaban J connectivity index is 1.41. The van der Waals surface area contributed by atoms with Crippen molar-refractivity contribution in [3.8, 4) is 0 Å². The van der Waals surface area contributed by atoms with Crippen molar-refractivity contribution in [2.24, 2.45) is 0 Å². The molecule has 2 aromatic rings. The summed E-state index contributed by atoms with van der Waals surface area (Å²) >= 11 is 0. The maximum absolute atomic E-state index is 13.0. The Hall–Kier alpha value is -3.02. The van der Waals surface area contributed by atoms with E-state index >= 15 is 0 Å². The molecule has 1 aromatic heterocycles. The second kappa shape index (κ2) is 7.67. The van der Waals surface area contributed by atoms with Crippen LogP contribution in [0.15, 0.2) is 48.9 Å². The summed E-state index contributed by atoms with van der Waals surface area (Å²) in [6.07, 6.45) is 1.91. The molecule has 0 bridgehead atoms. The molecular weight excluding hydrogens is 374 g/mol. The first-order valence-corrected chi connectivity index (χ1v) is 10.6. The monoisotopic (exact) mass is 405 g/mol. The first kappa shape index (κ1) is 20.3. The van der Waals surface area contributed by atoms with Crippen LogP contribution in [-0.2, 0) is 0 Å². The molecule has 4 rings (SSSR count). The largest absolute Gasteiger partial charge is 0.370 e. The molecule has 2 aliphatic rings. The summed E-state index contributed by atoms with van der Waals surface area (Å²) in [5.74, 6) is 2.02. The summed E-state index contributed by atoms with van der Waals surface area (Å²) in [5, 5.41) is 3.32. The first-order valence-electron chi connectivity index (χ1n) is 10.6. The Morgan fingerprint density at radius 1 is 1.10 bits per heavy atom. The number of aryl methyl sites for hydroxylation is 2. The lowest BCUT2D eigenvalue weighted by atomic mass is 10.0. The first-order chi connectivity index (χ1) is 14.3. The average molecular weight is 406 g/mol. The lowest BCUT2D eigenvalue weighted by Gasteiger charge is -2.36. The molecule has 6 heteroatoms. The van der Waals surface area contributed by atoms with Crippen molar-refractivity contribution in [3.05, 3.63) is 65.6 Å². The minimum atomic E-state index is -0.0406. The molecule has 2 saturated heterocycles. The third-order valence-corrected chi connectivity index (χ3v) is 6.03. The molecule has 2 fully saturated rings. The van der Waals surface area contributed by atoms with Crippen molar-refractivity contribution < 1.29 is 4.79 Å². The van der Waals surface area contributed by atoms with Gasteiger partial charge in [0.15, 0.2) is 0 Å². The topological polar surface area (TPSA) is 51.7 Å². The summed E-state index contributed by atoms with van der Waals surface area (Å²) < 4.78 is 0. The summed E-state index contributed by atoms with van der Waals surface area (Å²) in [5.41, 5.74) is 4.10. The molecular formula is C24H31N5O.